The van der Waals surface area contributed by atoms with Crippen LogP contribution in [0, 0.1) is 28.0 Å². The van der Waals surface area contributed by atoms with E-state index in [-0.39, 0.29) is 59.7 Å². The van der Waals surface area contributed by atoms with Crippen LogP contribution < -0.4 is 5.49 Å². The van der Waals surface area contributed by atoms with Crippen molar-refractivity contribution in [2.75, 3.05) is 0 Å². The largest absolute Gasteiger partial charge is 0.411 e. The van der Waals surface area contributed by atoms with Gasteiger partial charge in [0.1, 0.15) is 22.9 Å². The van der Waals surface area contributed by atoms with Crippen LogP contribution in [0.25, 0.3) is 5.65 Å². The van der Waals surface area contributed by atoms with Gasteiger partial charge in [-0.2, -0.15) is 5.10 Å². The molecule has 1 aliphatic carbocycles. The minimum absolute atomic E-state index is 0.0170. The number of hydrogen-bond donors (Lipinski definition) is 4. The number of nitrogens with one attached hydrogen (secondary N) is 3. The Morgan fingerprint density at radius 1 is 1.21 bits per heavy atom. The molecule has 4 N–H and O–H groups in total. The highest BCUT2D eigenvalue weighted by Crippen LogP contribution is 2.43. The van der Waals surface area contributed by atoms with E-state index < -0.39 is 42.3 Å². The highest BCUT2D eigenvalue weighted by Gasteiger charge is 2.41. The second kappa shape index (κ2) is 11.0. The molecule has 2 atom stereocenters. The Labute approximate surface area is 219 Å². The monoisotopic (exact) mass is 550 g/mol. The summed E-state index contributed by atoms with van der Waals surface area (Å²) in [6.07, 6.45) is -0.451. The highest BCUT2D eigenvalue weighted by atomic mass is 19.3. The SMILES string of the molecule is CC(=N)/C(=N\O)C(c1cn2ncc(C(CC(F)F)C(=N)n3cc(F)ccc3=N)cc2n1)C1CCC(F)(F)CC1. The Kier molecular flexibility index (Phi) is 7.93. The van der Waals surface area contributed by atoms with Crippen molar-refractivity contribution >= 4 is 22.9 Å². The Bertz CT molecular complexity index is 1470. The lowest BCUT2D eigenvalue weighted by Crippen LogP contribution is -2.33. The first-order chi connectivity index (χ1) is 18.4. The molecule has 1 saturated carbocycles. The number of oxime groups is 1. The summed E-state index contributed by atoms with van der Waals surface area (Å²) in [6, 6.07) is 3.57. The van der Waals surface area contributed by atoms with E-state index in [1.165, 1.54) is 29.9 Å². The third kappa shape index (κ3) is 6.04. The van der Waals surface area contributed by atoms with Crippen LogP contribution in [0.15, 0.2) is 41.9 Å². The number of imidazole rings is 1. The van der Waals surface area contributed by atoms with E-state index in [0.717, 1.165) is 22.9 Å². The zero-order valence-corrected chi connectivity index (χ0v) is 20.9. The number of hydrogen-bond acceptors (Lipinski definition) is 7. The van der Waals surface area contributed by atoms with Gasteiger partial charge >= 0.3 is 0 Å². The normalized spacial score (nSPS) is 17.9. The van der Waals surface area contributed by atoms with Gasteiger partial charge in [0.2, 0.25) is 12.3 Å². The van der Waals surface area contributed by atoms with Gasteiger partial charge in [-0.25, -0.2) is 31.5 Å². The maximum Gasteiger partial charge on any atom is 0.248 e. The average Bonchev–Trinajstić information content (AvgIpc) is 3.29. The van der Waals surface area contributed by atoms with Crippen LogP contribution in [0.4, 0.5) is 22.0 Å². The van der Waals surface area contributed by atoms with Gasteiger partial charge in [-0.3, -0.25) is 15.4 Å². The Morgan fingerprint density at radius 2 is 1.90 bits per heavy atom. The molecule has 1 aliphatic rings. The number of pyridine rings is 1. The molecule has 0 spiro atoms. The number of aromatic nitrogens is 4. The topological polar surface area (TPSA) is 139 Å². The quantitative estimate of drug-likeness (QED) is 0.101. The van der Waals surface area contributed by atoms with Gasteiger partial charge in [0.15, 0.2) is 5.65 Å². The van der Waals surface area contributed by atoms with Gasteiger partial charge in [-0.05, 0) is 49.4 Å². The zero-order valence-electron chi connectivity index (χ0n) is 20.9. The predicted molar refractivity (Wildman–Crippen MR) is 132 cm³/mol. The van der Waals surface area contributed by atoms with Crippen LogP contribution in [0.3, 0.4) is 0 Å². The van der Waals surface area contributed by atoms with Gasteiger partial charge < -0.3 is 10.6 Å². The summed E-state index contributed by atoms with van der Waals surface area (Å²) >= 11 is 0. The molecule has 39 heavy (non-hydrogen) atoms. The molecule has 9 nitrogen and oxygen atoms in total. The van der Waals surface area contributed by atoms with Gasteiger partial charge in [-0.15, -0.1) is 0 Å². The van der Waals surface area contributed by atoms with Crippen LogP contribution in [0.1, 0.15) is 62.1 Å². The van der Waals surface area contributed by atoms with Crippen molar-refractivity contribution in [3.05, 3.63) is 59.4 Å². The molecule has 2 unspecified atom stereocenters. The van der Waals surface area contributed by atoms with Gasteiger partial charge in [0.05, 0.1) is 29.7 Å². The van der Waals surface area contributed by atoms with Crippen LogP contribution in [0.2, 0.25) is 0 Å². The lowest BCUT2D eigenvalue weighted by Gasteiger charge is -2.33. The van der Waals surface area contributed by atoms with Crippen LogP contribution in [-0.2, 0) is 0 Å². The number of nitrogens with zero attached hydrogens (tertiary/aromatic N) is 5. The number of halogens is 5. The predicted octanol–water partition coefficient (Wildman–Crippen LogP) is 5.19. The fourth-order valence-corrected chi connectivity index (χ4v) is 5.05. The molecular formula is C25H27F5N8O. The van der Waals surface area contributed by atoms with E-state index in [9.17, 15) is 27.2 Å². The lowest BCUT2D eigenvalue weighted by atomic mass is 9.74. The molecule has 3 aromatic rings. The first kappa shape index (κ1) is 28.0. The van der Waals surface area contributed by atoms with Crippen molar-refractivity contribution < 1.29 is 27.2 Å². The fourth-order valence-electron chi connectivity index (χ4n) is 5.05. The summed E-state index contributed by atoms with van der Waals surface area (Å²) in [6.45, 7) is 1.41. The van der Waals surface area contributed by atoms with Gasteiger partial charge in [0, 0.05) is 31.4 Å². The second-order valence-electron chi connectivity index (χ2n) is 9.71. The average molecular weight is 551 g/mol. The Balaban J connectivity index is 1.75. The van der Waals surface area contributed by atoms with Crippen molar-refractivity contribution in [1.29, 1.82) is 16.2 Å². The summed E-state index contributed by atoms with van der Waals surface area (Å²) in [5, 5.41) is 41.7. The third-order valence-corrected chi connectivity index (χ3v) is 7.02. The maximum atomic E-state index is 13.8. The summed E-state index contributed by atoms with van der Waals surface area (Å²) in [7, 11) is 0. The zero-order chi connectivity index (χ0) is 28.5. The summed E-state index contributed by atoms with van der Waals surface area (Å²) in [5.41, 5.74) is 0.329. The first-order valence-corrected chi connectivity index (χ1v) is 12.2. The molecule has 0 amide bonds. The van der Waals surface area contributed by atoms with E-state index in [0.29, 0.717) is 5.69 Å². The molecule has 14 heteroatoms. The number of rotatable bonds is 8. The third-order valence-electron chi connectivity index (χ3n) is 7.02. The standard InChI is InChI=1S/C25H27F5N8O/c1-13(31)23(36-39)22(14-4-6-25(29,30)7-5-14)18-12-38-21(35-18)8-15(10-34-38)17(9-19(27)28)24(33)37-11-16(26)2-3-20(37)32/h2-3,8,10-12,14,17,19,22,31-33,39H,4-7,9H2,1H3/b31-13?,32-20?,33-24?,36-23+. The molecule has 1 fully saturated rings. The van der Waals surface area contributed by atoms with E-state index in [2.05, 4.69) is 15.2 Å². The number of fused-ring (bicyclic) bond motifs is 1. The summed E-state index contributed by atoms with van der Waals surface area (Å²) in [4.78, 5) is 4.52. The van der Waals surface area contributed by atoms with Crippen molar-refractivity contribution in [2.24, 2.45) is 11.1 Å². The van der Waals surface area contributed by atoms with Gasteiger partial charge in [0.25, 0.3) is 0 Å². The Morgan fingerprint density at radius 3 is 2.51 bits per heavy atom. The second-order valence-corrected chi connectivity index (χ2v) is 9.71. The molecule has 0 bridgehead atoms. The van der Waals surface area contributed by atoms with E-state index in [1.54, 1.807) is 0 Å². The van der Waals surface area contributed by atoms with Crippen LogP contribution in [-0.4, -0.2) is 54.0 Å². The molecule has 0 aliphatic heterocycles. The molecule has 0 aromatic carbocycles. The summed E-state index contributed by atoms with van der Waals surface area (Å²) in [5.74, 6) is -6.42. The van der Waals surface area contributed by atoms with E-state index in [1.807, 2.05) is 0 Å². The smallest absolute Gasteiger partial charge is 0.248 e. The maximum absolute atomic E-state index is 13.8. The van der Waals surface area contributed by atoms with Crippen molar-refractivity contribution in [2.45, 2.75) is 63.2 Å². The van der Waals surface area contributed by atoms with Crippen molar-refractivity contribution in [3.63, 3.8) is 0 Å². The van der Waals surface area contributed by atoms with E-state index >= 15 is 0 Å². The first-order valence-electron chi connectivity index (χ1n) is 12.2. The van der Waals surface area contributed by atoms with Crippen molar-refractivity contribution in [1.82, 2.24) is 19.2 Å². The van der Waals surface area contributed by atoms with Crippen molar-refractivity contribution in [3.8, 4) is 0 Å². The van der Waals surface area contributed by atoms with Crippen LogP contribution >= 0.6 is 0 Å². The lowest BCUT2D eigenvalue weighted by molar-refractivity contribution is -0.0466. The molecule has 0 radical (unpaired) electrons. The Hall–Kier alpha value is -3.97. The molecular weight excluding hydrogens is 523 g/mol. The van der Waals surface area contributed by atoms with E-state index in [4.69, 9.17) is 16.2 Å². The molecule has 4 rings (SSSR count). The minimum atomic E-state index is -2.82. The highest BCUT2D eigenvalue weighted by molar-refractivity contribution is 6.42. The molecule has 208 valence electrons. The minimum Gasteiger partial charge on any atom is -0.411 e. The fraction of sp³-hybridized carbons (Fsp3) is 0.440. The summed E-state index contributed by atoms with van der Waals surface area (Å²) < 4.78 is 70.8. The molecule has 0 saturated heterocycles. The molecule has 3 heterocycles. The molecule has 3 aromatic heterocycles. The number of alkyl halides is 4. The van der Waals surface area contributed by atoms with Crippen LogP contribution in [0.5, 0.6) is 0 Å². The van der Waals surface area contributed by atoms with Gasteiger partial charge in [-0.1, -0.05) is 5.16 Å².